The van der Waals surface area contributed by atoms with E-state index < -0.39 is 5.97 Å². The van der Waals surface area contributed by atoms with Crippen LogP contribution in [0.3, 0.4) is 0 Å². The molecule has 19 heavy (non-hydrogen) atoms. The Morgan fingerprint density at radius 1 is 1.00 bits per heavy atom. The van der Waals surface area contributed by atoms with Crippen molar-refractivity contribution in [3.8, 4) is 0 Å². The molecule has 0 amide bonds. The molecule has 4 nitrogen and oxygen atoms in total. The first-order valence-corrected chi connectivity index (χ1v) is 5.86. The summed E-state index contributed by atoms with van der Waals surface area (Å²) >= 11 is 0. The molecule has 1 heterocycles. The lowest BCUT2D eigenvalue weighted by Crippen LogP contribution is -2.36. The van der Waals surface area contributed by atoms with Gasteiger partial charge in [0.15, 0.2) is 12.4 Å². The Bertz CT molecular complexity index is 576. The fraction of sp³-hybridized carbons (Fsp3) is 0.133. The Morgan fingerprint density at radius 3 is 2.16 bits per heavy atom. The fourth-order valence-corrected chi connectivity index (χ4v) is 1.71. The van der Waals surface area contributed by atoms with Gasteiger partial charge in [-0.15, -0.1) is 0 Å². The summed E-state index contributed by atoms with van der Waals surface area (Å²) in [6.07, 6.45) is 3.67. The maximum Gasteiger partial charge on any atom is 0.337 e. The number of rotatable bonds is 4. The zero-order valence-corrected chi connectivity index (χ0v) is 10.6. The molecule has 0 saturated carbocycles. The Morgan fingerprint density at radius 2 is 1.58 bits per heavy atom. The number of carbonyl (C=O) groups excluding carboxylic acids is 2. The fourth-order valence-electron chi connectivity index (χ4n) is 1.71. The first-order valence-electron chi connectivity index (χ1n) is 5.86. The third-order valence-corrected chi connectivity index (χ3v) is 2.73. The van der Waals surface area contributed by atoms with Crippen molar-refractivity contribution in [3.05, 3.63) is 66.0 Å². The van der Waals surface area contributed by atoms with E-state index in [2.05, 4.69) is 4.74 Å². The number of hydrogen-bond acceptors (Lipinski definition) is 3. The molecule has 1 aromatic heterocycles. The van der Waals surface area contributed by atoms with E-state index in [-0.39, 0.29) is 12.3 Å². The largest absolute Gasteiger partial charge is 0.465 e. The molecule has 0 aliphatic heterocycles. The maximum absolute atomic E-state index is 12.0. The van der Waals surface area contributed by atoms with Gasteiger partial charge in [0.2, 0.25) is 12.3 Å². The average Bonchev–Trinajstić information content (AvgIpc) is 2.47. The van der Waals surface area contributed by atoms with Crippen LogP contribution in [-0.2, 0) is 11.3 Å². The van der Waals surface area contributed by atoms with Crippen molar-refractivity contribution < 1.29 is 18.9 Å². The molecule has 1 aromatic carbocycles. The van der Waals surface area contributed by atoms with Crippen molar-refractivity contribution in [2.75, 3.05) is 7.11 Å². The highest BCUT2D eigenvalue weighted by atomic mass is 16.5. The number of hydrogen-bond donors (Lipinski definition) is 0. The number of ketones is 1. The van der Waals surface area contributed by atoms with E-state index in [9.17, 15) is 9.59 Å². The second-order valence-corrected chi connectivity index (χ2v) is 4.04. The van der Waals surface area contributed by atoms with Gasteiger partial charge >= 0.3 is 5.97 Å². The summed E-state index contributed by atoms with van der Waals surface area (Å²) in [5.41, 5.74) is 1.01. The van der Waals surface area contributed by atoms with Gasteiger partial charge < -0.3 is 4.74 Å². The lowest BCUT2D eigenvalue weighted by molar-refractivity contribution is -0.683. The molecule has 0 fully saturated rings. The number of esters is 1. The van der Waals surface area contributed by atoms with Gasteiger partial charge in [-0.2, -0.15) is 4.57 Å². The number of nitrogens with zero attached hydrogens (tertiary/aromatic N) is 1. The molecule has 0 unspecified atom stereocenters. The standard InChI is InChI=1S/C15H14NO3/c1-19-15(18)13-7-5-12(6-8-13)14(17)11-16-9-3-2-4-10-16/h2-10H,11H2,1H3/q+1. The van der Waals surface area contributed by atoms with Gasteiger partial charge in [0.25, 0.3) is 0 Å². The number of aromatic nitrogens is 1. The number of pyridine rings is 1. The van der Waals surface area contributed by atoms with E-state index in [1.807, 2.05) is 30.6 Å². The Hall–Kier alpha value is -2.49. The predicted molar refractivity (Wildman–Crippen MR) is 68.7 cm³/mol. The topological polar surface area (TPSA) is 47.3 Å². The van der Waals surface area contributed by atoms with Crippen molar-refractivity contribution in [2.24, 2.45) is 0 Å². The van der Waals surface area contributed by atoms with Gasteiger partial charge in [-0.1, -0.05) is 18.2 Å². The molecule has 0 spiro atoms. The molecule has 2 aromatic rings. The van der Waals surface area contributed by atoms with E-state index in [0.29, 0.717) is 11.1 Å². The first kappa shape index (κ1) is 13.0. The quantitative estimate of drug-likeness (QED) is 0.474. The third-order valence-electron chi connectivity index (χ3n) is 2.73. The zero-order valence-electron chi connectivity index (χ0n) is 10.6. The lowest BCUT2D eigenvalue weighted by atomic mass is 10.1. The van der Waals surface area contributed by atoms with E-state index in [4.69, 9.17) is 0 Å². The highest BCUT2D eigenvalue weighted by molar-refractivity contribution is 5.96. The van der Waals surface area contributed by atoms with E-state index in [0.717, 1.165) is 0 Å². The lowest BCUT2D eigenvalue weighted by Gasteiger charge is -2.01. The molecule has 96 valence electrons. The minimum Gasteiger partial charge on any atom is -0.465 e. The molecule has 4 heteroatoms. The van der Waals surface area contributed by atoms with E-state index >= 15 is 0 Å². The summed E-state index contributed by atoms with van der Waals surface area (Å²) in [6.45, 7) is 0.276. The zero-order chi connectivity index (χ0) is 13.7. The summed E-state index contributed by atoms with van der Waals surface area (Å²) in [6, 6.07) is 12.1. The Labute approximate surface area is 111 Å². The summed E-state index contributed by atoms with van der Waals surface area (Å²) in [7, 11) is 1.33. The summed E-state index contributed by atoms with van der Waals surface area (Å²) < 4.78 is 6.41. The van der Waals surface area contributed by atoms with E-state index in [1.54, 1.807) is 28.8 Å². The van der Waals surface area contributed by atoms with Gasteiger partial charge in [-0.3, -0.25) is 4.79 Å². The Balaban J connectivity index is 2.10. The van der Waals surface area contributed by atoms with Gasteiger partial charge in [0.1, 0.15) is 0 Å². The molecular weight excluding hydrogens is 242 g/mol. The molecule has 0 aliphatic rings. The molecule has 0 bridgehead atoms. The van der Waals surface area contributed by atoms with Crippen LogP contribution in [0.15, 0.2) is 54.9 Å². The van der Waals surface area contributed by atoms with Crippen LogP contribution in [0, 0.1) is 0 Å². The monoisotopic (exact) mass is 256 g/mol. The number of benzene rings is 1. The average molecular weight is 256 g/mol. The normalized spacial score (nSPS) is 9.95. The van der Waals surface area contributed by atoms with Crippen LogP contribution >= 0.6 is 0 Å². The minimum absolute atomic E-state index is 0.00684. The number of methoxy groups -OCH3 is 1. The Kier molecular flexibility index (Phi) is 4.03. The smallest absolute Gasteiger partial charge is 0.337 e. The highest BCUT2D eigenvalue weighted by Crippen LogP contribution is 2.06. The first-order chi connectivity index (χ1) is 9.20. The van der Waals surface area contributed by atoms with Crippen LogP contribution in [-0.4, -0.2) is 18.9 Å². The summed E-state index contributed by atoms with van der Waals surface area (Å²) in [5, 5.41) is 0. The molecular formula is C15H14NO3+. The highest BCUT2D eigenvalue weighted by Gasteiger charge is 2.12. The van der Waals surface area contributed by atoms with Gasteiger partial charge in [0, 0.05) is 17.7 Å². The second kappa shape index (κ2) is 5.91. The van der Waals surface area contributed by atoms with Crippen LogP contribution < -0.4 is 4.57 Å². The number of ether oxygens (including phenoxy) is 1. The van der Waals surface area contributed by atoms with Crippen LogP contribution in [0.4, 0.5) is 0 Å². The predicted octanol–water partition coefficient (Wildman–Crippen LogP) is 1.64. The van der Waals surface area contributed by atoms with Crippen LogP contribution in [0.1, 0.15) is 20.7 Å². The van der Waals surface area contributed by atoms with Gasteiger partial charge in [-0.25, -0.2) is 4.79 Å². The molecule has 0 saturated heterocycles. The summed E-state index contributed by atoms with van der Waals surface area (Å²) in [4.78, 5) is 23.3. The SMILES string of the molecule is COC(=O)c1ccc(C(=O)C[n+]2ccccc2)cc1. The van der Waals surface area contributed by atoms with Crippen LogP contribution in [0.2, 0.25) is 0 Å². The van der Waals surface area contributed by atoms with Crippen molar-refractivity contribution in [1.82, 2.24) is 0 Å². The minimum atomic E-state index is -0.406. The maximum atomic E-state index is 12.0. The molecule has 0 atom stereocenters. The summed E-state index contributed by atoms with van der Waals surface area (Å²) in [5.74, 6) is -0.413. The molecule has 0 radical (unpaired) electrons. The van der Waals surface area contributed by atoms with Crippen LogP contribution in [0.25, 0.3) is 0 Å². The van der Waals surface area contributed by atoms with E-state index in [1.165, 1.54) is 7.11 Å². The number of Topliss-reactive ketones (excluding diaryl/α,β-unsaturated/α-hetero) is 1. The van der Waals surface area contributed by atoms with Crippen LogP contribution in [0.5, 0.6) is 0 Å². The van der Waals surface area contributed by atoms with Crippen molar-refractivity contribution in [1.29, 1.82) is 0 Å². The third kappa shape index (κ3) is 3.25. The molecule has 0 N–H and O–H groups in total. The van der Waals surface area contributed by atoms with Crippen molar-refractivity contribution in [2.45, 2.75) is 6.54 Å². The second-order valence-electron chi connectivity index (χ2n) is 4.04. The van der Waals surface area contributed by atoms with Gasteiger partial charge in [0.05, 0.1) is 12.7 Å². The molecule has 2 rings (SSSR count). The van der Waals surface area contributed by atoms with Crippen molar-refractivity contribution >= 4 is 11.8 Å². The van der Waals surface area contributed by atoms with Gasteiger partial charge in [-0.05, 0) is 12.1 Å². The molecule has 0 aliphatic carbocycles. The number of carbonyl (C=O) groups is 2. The van der Waals surface area contributed by atoms with Crippen molar-refractivity contribution in [3.63, 3.8) is 0 Å².